The number of carbonyl (C=O) groups is 1. The summed E-state index contributed by atoms with van der Waals surface area (Å²) in [5, 5.41) is 0. The van der Waals surface area contributed by atoms with E-state index in [0.29, 0.717) is 12.5 Å². The highest BCUT2D eigenvalue weighted by Gasteiger charge is 2.14. The Morgan fingerprint density at radius 1 is 1.11 bits per heavy atom. The molecule has 0 fully saturated rings. The molecule has 0 bridgehead atoms. The molecule has 2 rings (SSSR count). The molecule has 6 heteroatoms. The van der Waals surface area contributed by atoms with E-state index in [2.05, 4.69) is 18.6 Å². The van der Waals surface area contributed by atoms with Crippen LogP contribution in [0.15, 0.2) is 48.5 Å². The summed E-state index contributed by atoms with van der Waals surface area (Å²) in [5.41, 5.74) is 1.90. The Balaban J connectivity index is 1.91. The first-order chi connectivity index (χ1) is 12.9. The molecule has 1 atom stereocenters. The Morgan fingerprint density at radius 3 is 2.41 bits per heavy atom. The summed E-state index contributed by atoms with van der Waals surface area (Å²) in [6.45, 7) is 1.67. The van der Waals surface area contributed by atoms with Gasteiger partial charge in [0.05, 0.1) is 0 Å². The van der Waals surface area contributed by atoms with Gasteiger partial charge in [-0.1, -0.05) is 44.2 Å². The SMILES string of the molecule is CCC(C)c1ccccc1OCC(=O)N(C)Cc1ccc(OC(F)F)cc1. The van der Waals surface area contributed by atoms with E-state index >= 15 is 0 Å². The number of alkyl halides is 2. The van der Waals surface area contributed by atoms with Gasteiger partial charge in [0.2, 0.25) is 0 Å². The Labute approximate surface area is 158 Å². The van der Waals surface area contributed by atoms with Crippen molar-refractivity contribution in [1.82, 2.24) is 4.90 Å². The summed E-state index contributed by atoms with van der Waals surface area (Å²) in [5.74, 6) is 1.000. The molecule has 0 spiro atoms. The molecule has 0 aliphatic rings. The van der Waals surface area contributed by atoms with Gasteiger partial charge in [0.1, 0.15) is 11.5 Å². The Morgan fingerprint density at radius 2 is 1.78 bits per heavy atom. The van der Waals surface area contributed by atoms with E-state index in [1.54, 1.807) is 19.2 Å². The highest BCUT2D eigenvalue weighted by atomic mass is 19.3. The van der Waals surface area contributed by atoms with Gasteiger partial charge in [-0.25, -0.2) is 0 Å². The molecule has 0 aromatic heterocycles. The lowest BCUT2D eigenvalue weighted by Gasteiger charge is -2.19. The normalized spacial score (nSPS) is 11.9. The lowest BCUT2D eigenvalue weighted by Crippen LogP contribution is -2.31. The van der Waals surface area contributed by atoms with Gasteiger partial charge >= 0.3 is 6.61 Å². The average molecular weight is 377 g/mol. The number of benzene rings is 2. The Kier molecular flexibility index (Phi) is 7.58. The van der Waals surface area contributed by atoms with Crippen LogP contribution in [0.3, 0.4) is 0 Å². The fourth-order valence-corrected chi connectivity index (χ4v) is 2.63. The minimum absolute atomic E-state index is 0.0590. The number of nitrogens with zero attached hydrogens (tertiary/aromatic N) is 1. The fraction of sp³-hybridized carbons (Fsp3) is 0.381. The zero-order valence-corrected chi connectivity index (χ0v) is 15.8. The predicted molar refractivity (Wildman–Crippen MR) is 100 cm³/mol. The molecule has 2 aromatic carbocycles. The molecule has 1 amide bonds. The van der Waals surface area contributed by atoms with Gasteiger partial charge in [0.25, 0.3) is 5.91 Å². The van der Waals surface area contributed by atoms with Crippen LogP contribution < -0.4 is 9.47 Å². The van der Waals surface area contributed by atoms with Crippen LogP contribution in [-0.2, 0) is 11.3 Å². The van der Waals surface area contributed by atoms with Crippen LogP contribution in [0.5, 0.6) is 11.5 Å². The molecule has 0 radical (unpaired) electrons. The molecule has 0 saturated heterocycles. The summed E-state index contributed by atoms with van der Waals surface area (Å²) in [6.07, 6.45) is 0.986. The van der Waals surface area contributed by atoms with Crippen LogP contribution in [0.4, 0.5) is 8.78 Å². The van der Waals surface area contributed by atoms with E-state index in [1.807, 2.05) is 24.3 Å². The summed E-state index contributed by atoms with van der Waals surface area (Å²) in [7, 11) is 1.68. The molecule has 4 nitrogen and oxygen atoms in total. The van der Waals surface area contributed by atoms with E-state index in [-0.39, 0.29) is 18.3 Å². The quantitative estimate of drug-likeness (QED) is 0.628. The first-order valence-corrected chi connectivity index (χ1v) is 8.90. The maximum atomic E-state index is 12.4. The maximum Gasteiger partial charge on any atom is 0.387 e. The zero-order chi connectivity index (χ0) is 19.8. The lowest BCUT2D eigenvalue weighted by molar-refractivity contribution is -0.132. The molecular weight excluding hydrogens is 352 g/mol. The second-order valence-corrected chi connectivity index (χ2v) is 6.41. The molecule has 0 aliphatic heterocycles. The van der Waals surface area contributed by atoms with Gasteiger partial charge in [0.15, 0.2) is 6.61 Å². The lowest BCUT2D eigenvalue weighted by atomic mass is 9.98. The molecule has 146 valence electrons. The minimum atomic E-state index is -2.85. The molecule has 0 aliphatic carbocycles. The second kappa shape index (κ2) is 9.90. The van der Waals surface area contributed by atoms with E-state index in [1.165, 1.54) is 17.0 Å². The molecule has 0 heterocycles. The minimum Gasteiger partial charge on any atom is -0.483 e. The van der Waals surface area contributed by atoms with E-state index in [9.17, 15) is 13.6 Å². The number of hydrogen-bond acceptors (Lipinski definition) is 3. The summed E-state index contributed by atoms with van der Waals surface area (Å²) in [4.78, 5) is 13.9. The van der Waals surface area contributed by atoms with Crippen LogP contribution in [0.1, 0.15) is 37.3 Å². The summed E-state index contributed by atoms with van der Waals surface area (Å²) >= 11 is 0. The van der Waals surface area contributed by atoms with Crippen LogP contribution in [-0.4, -0.2) is 31.1 Å². The van der Waals surface area contributed by atoms with Crippen molar-refractivity contribution in [1.29, 1.82) is 0 Å². The first-order valence-electron chi connectivity index (χ1n) is 8.90. The second-order valence-electron chi connectivity index (χ2n) is 6.41. The molecular formula is C21H25F2NO3. The van der Waals surface area contributed by atoms with Gasteiger partial charge in [0, 0.05) is 13.6 Å². The molecule has 2 aromatic rings. The third-order valence-corrected chi connectivity index (χ3v) is 4.41. The van der Waals surface area contributed by atoms with Crippen LogP contribution in [0.25, 0.3) is 0 Å². The summed E-state index contributed by atoms with van der Waals surface area (Å²) in [6, 6.07) is 14.0. The van der Waals surface area contributed by atoms with Crippen molar-refractivity contribution in [3.05, 3.63) is 59.7 Å². The number of ether oxygens (including phenoxy) is 2. The van der Waals surface area contributed by atoms with E-state index in [4.69, 9.17) is 4.74 Å². The number of para-hydroxylation sites is 1. The van der Waals surface area contributed by atoms with Crippen molar-refractivity contribution in [2.24, 2.45) is 0 Å². The molecule has 27 heavy (non-hydrogen) atoms. The number of likely N-dealkylation sites (N-methyl/N-ethyl adjacent to an activating group) is 1. The number of amides is 1. The maximum absolute atomic E-state index is 12.4. The van der Waals surface area contributed by atoms with Crippen LogP contribution in [0.2, 0.25) is 0 Å². The largest absolute Gasteiger partial charge is 0.483 e. The van der Waals surface area contributed by atoms with Crippen molar-refractivity contribution < 1.29 is 23.0 Å². The number of halogens is 2. The van der Waals surface area contributed by atoms with Gasteiger partial charge in [-0.05, 0) is 41.7 Å². The highest BCUT2D eigenvalue weighted by Crippen LogP contribution is 2.28. The predicted octanol–water partition coefficient (Wildman–Crippen LogP) is 4.84. The van der Waals surface area contributed by atoms with E-state index in [0.717, 1.165) is 23.3 Å². The van der Waals surface area contributed by atoms with Crippen molar-refractivity contribution in [2.45, 2.75) is 39.3 Å². The van der Waals surface area contributed by atoms with Gasteiger partial charge in [-0.15, -0.1) is 0 Å². The Bertz CT molecular complexity index is 734. The summed E-state index contributed by atoms with van der Waals surface area (Å²) < 4.78 is 34.4. The smallest absolute Gasteiger partial charge is 0.387 e. The number of rotatable bonds is 9. The standard InChI is InChI=1S/C21H25F2NO3/c1-4-15(2)18-7-5-6-8-19(18)26-14-20(25)24(3)13-16-9-11-17(12-10-16)27-21(22)23/h5-12,15,21H,4,13-14H2,1-3H3. The van der Waals surface area contributed by atoms with Crippen LogP contribution in [0, 0.1) is 0 Å². The molecule has 0 N–H and O–H groups in total. The fourth-order valence-electron chi connectivity index (χ4n) is 2.63. The van der Waals surface area contributed by atoms with E-state index < -0.39 is 6.61 Å². The molecule has 1 unspecified atom stereocenters. The van der Waals surface area contributed by atoms with Gasteiger partial charge in [-0.2, -0.15) is 8.78 Å². The van der Waals surface area contributed by atoms with Crippen molar-refractivity contribution >= 4 is 5.91 Å². The van der Waals surface area contributed by atoms with Crippen LogP contribution >= 0.6 is 0 Å². The van der Waals surface area contributed by atoms with Crippen molar-refractivity contribution in [3.63, 3.8) is 0 Å². The first kappa shape index (κ1) is 20.7. The van der Waals surface area contributed by atoms with Gasteiger partial charge < -0.3 is 14.4 Å². The number of carbonyl (C=O) groups excluding carboxylic acids is 1. The Hall–Kier alpha value is -2.63. The monoisotopic (exact) mass is 377 g/mol. The topological polar surface area (TPSA) is 38.8 Å². The van der Waals surface area contributed by atoms with Crippen molar-refractivity contribution in [2.75, 3.05) is 13.7 Å². The highest BCUT2D eigenvalue weighted by molar-refractivity contribution is 5.77. The van der Waals surface area contributed by atoms with Gasteiger partial charge in [-0.3, -0.25) is 4.79 Å². The third-order valence-electron chi connectivity index (χ3n) is 4.41. The number of hydrogen-bond donors (Lipinski definition) is 0. The molecule has 0 saturated carbocycles. The average Bonchev–Trinajstić information content (AvgIpc) is 2.66. The van der Waals surface area contributed by atoms with Crippen molar-refractivity contribution in [3.8, 4) is 11.5 Å². The zero-order valence-electron chi connectivity index (χ0n) is 15.8. The third kappa shape index (κ3) is 6.24.